The van der Waals surface area contributed by atoms with Crippen molar-refractivity contribution < 1.29 is 22.3 Å². The SMILES string of the molecule is COc1ccccc1N(CCCC(=O)N[C@@H](C)c1ccc(F)cc1)S(C)(=O)=O. The molecule has 1 amide bonds. The second kappa shape index (κ2) is 9.54. The molecule has 0 heterocycles. The van der Waals surface area contributed by atoms with Gasteiger partial charge in [0.25, 0.3) is 0 Å². The van der Waals surface area contributed by atoms with E-state index in [9.17, 15) is 17.6 Å². The van der Waals surface area contributed by atoms with Crippen molar-refractivity contribution in [2.24, 2.45) is 0 Å². The lowest BCUT2D eigenvalue weighted by molar-refractivity contribution is -0.121. The number of carbonyl (C=O) groups is 1. The molecule has 152 valence electrons. The number of rotatable bonds is 9. The number of hydrogen-bond donors (Lipinski definition) is 1. The number of nitrogens with zero attached hydrogens (tertiary/aromatic N) is 1. The normalized spacial score (nSPS) is 12.3. The van der Waals surface area contributed by atoms with E-state index in [1.54, 1.807) is 36.4 Å². The number of methoxy groups -OCH3 is 1. The Morgan fingerprint density at radius 2 is 1.82 bits per heavy atom. The van der Waals surface area contributed by atoms with E-state index in [0.717, 1.165) is 11.8 Å². The number of amides is 1. The molecular weight excluding hydrogens is 383 g/mol. The van der Waals surface area contributed by atoms with Crippen LogP contribution in [0.4, 0.5) is 10.1 Å². The number of halogens is 1. The van der Waals surface area contributed by atoms with E-state index in [1.165, 1.54) is 23.5 Å². The minimum Gasteiger partial charge on any atom is -0.495 e. The molecule has 1 atom stereocenters. The fourth-order valence-corrected chi connectivity index (χ4v) is 3.80. The van der Waals surface area contributed by atoms with Crippen molar-refractivity contribution in [3.63, 3.8) is 0 Å². The standard InChI is InChI=1S/C20H25FN2O4S/c1-15(16-10-12-17(21)13-11-16)22-20(24)9-6-14-23(28(3,25)26)18-7-4-5-8-19(18)27-2/h4-5,7-8,10-13,15H,6,9,14H2,1-3H3,(H,22,24)/t15-/m0/s1. The molecule has 1 N–H and O–H groups in total. The third kappa shape index (κ3) is 5.95. The molecule has 6 nitrogen and oxygen atoms in total. The van der Waals surface area contributed by atoms with Crippen molar-refractivity contribution >= 4 is 21.6 Å². The van der Waals surface area contributed by atoms with Gasteiger partial charge < -0.3 is 10.1 Å². The first-order valence-corrected chi connectivity index (χ1v) is 10.7. The summed E-state index contributed by atoms with van der Waals surface area (Å²) in [6.07, 6.45) is 1.62. The smallest absolute Gasteiger partial charge is 0.232 e. The average molecular weight is 408 g/mol. The van der Waals surface area contributed by atoms with Gasteiger partial charge in [-0.3, -0.25) is 9.10 Å². The third-order valence-corrected chi connectivity index (χ3v) is 5.45. The third-order valence-electron chi connectivity index (χ3n) is 4.27. The number of anilines is 1. The second-order valence-electron chi connectivity index (χ2n) is 6.45. The van der Waals surface area contributed by atoms with Gasteiger partial charge in [-0.1, -0.05) is 24.3 Å². The van der Waals surface area contributed by atoms with Crippen molar-refractivity contribution in [3.8, 4) is 5.75 Å². The van der Waals surface area contributed by atoms with E-state index in [1.807, 2.05) is 6.92 Å². The van der Waals surface area contributed by atoms with Crippen LogP contribution in [-0.2, 0) is 14.8 Å². The summed E-state index contributed by atoms with van der Waals surface area (Å²) < 4.78 is 43.9. The molecule has 0 aromatic heterocycles. The summed E-state index contributed by atoms with van der Waals surface area (Å²) in [6, 6.07) is 12.5. The lowest BCUT2D eigenvalue weighted by Gasteiger charge is -2.24. The molecule has 0 aliphatic rings. The number of carbonyl (C=O) groups excluding carboxylic acids is 1. The van der Waals surface area contributed by atoms with Crippen LogP contribution in [0, 0.1) is 5.82 Å². The predicted octanol–water partition coefficient (Wildman–Crippen LogP) is 3.26. The van der Waals surface area contributed by atoms with Crippen molar-refractivity contribution in [1.82, 2.24) is 5.32 Å². The van der Waals surface area contributed by atoms with Crippen molar-refractivity contribution in [3.05, 3.63) is 59.9 Å². The van der Waals surface area contributed by atoms with Gasteiger partial charge in [-0.05, 0) is 43.2 Å². The molecule has 0 saturated heterocycles. The van der Waals surface area contributed by atoms with E-state index in [2.05, 4.69) is 5.32 Å². The molecule has 0 aliphatic heterocycles. The van der Waals surface area contributed by atoms with Crippen LogP contribution in [0.5, 0.6) is 5.75 Å². The Kier molecular flexibility index (Phi) is 7.39. The Morgan fingerprint density at radius 1 is 1.18 bits per heavy atom. The summed E-state index contributed by atoms with van der Waals surface area (Å²) in [7, 11) is -2.06. The Hall–Kier alpha value is -2.61. The predicted molar refractivity (Wildman–Crippen MR) is 107 cm³/mol. The van der Waals surface area contributed by atoms with Gasteiger partial charge in [0.1, 0.15) is 11.6 Å². The summed E-state index contributed by atoms with van der Waals surface area (Å²) in [5.74, 6) is -0.0907. The zero-order chi connectivity index (χ0) is 20.7. The monoisotopic (exact) mass is 408 g/mol. The van der Waals surface area contributed by atoms with Gasteiger partial charge in [-0.2, -0.15) is 0 Å². The molecule has 0 radical (unpaired) electrons. The first kappa shape index (κ1) is 21.7. The van der Waals surface area contributed by atoms with Crippen LogP contribution < -0.4 is 14.4 Å². The number of benzene rings is 2. The number of hydrogen-bond acceptors (Lipinski definition) is 4. The molecule has 0 spiro atoms. The van der Waals surface area contributed by atoms with E-state index in [4.69, 9.17) is 4.74 Å². The van der Waals surface area contributed by atoms with Crippen LogP contribution >= 0.6 is 0 Å². The molecule has 0 aliphatic carbocycles. The number of sulfonamides is 1. The molecule has 2 aromatic rings. The summed E-state index contributed by atoms with van der Waals surface area (Å²) in [5, 5.41) is 2.84. The minimum atomic E-state index is -3.53. The maximum Gasteiger partial charge on any atom is 0.232 e. The zero-order valence-electron chi connectivity index (χ0n) is 16.2. The molecular formula is C20H25FN2O4S. The molecule has 0 unspecified atom stereocenters. The Morgan fingerprint density at radius 3 is 2.43 bits per heavy atom. The Balaban J connectivity index is 1.96. The topological polar surface area (TPSA) is 75.7 Å². The highest BCUT2D eigenvalue weighted by molar-refractivity contribution is 7.92. The van der Waals surface area contributed by atoms with E-state index in [-0.39, 0.29) is 30.7 Å². The lowest BCUT2D eigenvalue weighted by atomic mass is 10.1. The molecule has 28 heavy (non-hydrogen) atoms. The van der Waals surface area contributed by atoms with Crippen LogP contribution in [0.25, 0.3) is 0 Å². The van der Waals surface area contributed by atoms with E-state index in [0.29, 0.717) is 17.9 Å². The van der Waals surface area contributed by atoms with Gasteiger partial charge in [0.05, 0.1) is 25.1 Å². The van der Waals surface area contributed by atoms with E-state index >= 15 is 0 Å². The fourth-order valence-electron chi connectivity index (χ4n) is 2.83. The summed E-state index contributed by atoms with van der Waals surface area (Å²) in [4.78, 5) is 12.2. The Labute approximate surface area is 165 Å². The fraction of sp³-hybridized carbons (Fsp3) is 0.350. The van der Waals surface area contributed by atoms with Crippen molar-refractivity contribution in [2.75, 3.05) is 24.2 Å². The van der Waals surface area contributed by atoms with Crippen LogP contribution in [0.2, 0.25) is 0 Å². The maximum atomic E-state index is 13.0. The molecule has 0 saturated carbocycles. The quantitative estimate of drug-likeness (QED) is 0.691. The van der Waals surface area contributed by atoms with Gasteiger partial charge in [-0.25, -0.2) is 12.8 Å². The van der Waals surface area contributed by atoms with Crippen LogP contribution in [-0.4, -0.2) is 34.2 Å². The first-order chi connectivity index (χ1) is 13.2. The van der Waals surface area contributed by atoms with Crippen LogP contribution in [0.3, 0.4) is 0 Å². The summed E-state index contributed by atoms with van der Waals surface area (Å²) in [6.45, 7) is 1.96. The largest absolute Gasteiger partial charge is 0.495 e. The average Bonchev–Trinajstić information content (AvgIpc) is 2.64. The van der Waals surface area contributed by atoms with Gasteiger partial charge in [-0.15, -0.1) is 0 Å². The molecule has 0 bridgehead atoms. The molecule has 2 aromatic carbocycles. The molecule has 2 rings (SSSR count). The first-order valence-electron chi connectivity index (χ1n) is 8.88. The maximum absolute atomic E-state index is 13.0. The highest BCUT2D eigenvalue weighted by atomic mass is 32.2. The number of para-hydroxylation sites is 2. The number of ether oxygens (including phenoxy) is 1. The highest BCUT2D eigenvalue weighted by Gasteiger charge is 2.21. The van der Waals surface area contributed by atoms with Crippen molar-refractivity contribution in [2.45, 2.75) is 25.8 Å². The summed E-state index contributed by atoms with van der Waals surface area (Å²) >= 11 is 0. The highest BCUT2D eigenvalue weighted by Crippen LogP contribution is 2.29. The molecule has 0 fully saturated rings. The van der Waals surface area contributed by atoms with Crippen molar-refractivity contribution in [1.29, 1.82) is 0 Å². The minimum absolute atomic E-state index is 0.150. The van der Waals surface area contributed by atoms with Crippen LogP contribution in [0.1, 0.15) is 31.4 Å². The van der Waals surface area contributed by atoms with Gasteiger partial charge >= 0.3 is 0 Å². The van der Waals surface area contributed by atoms with Gasteiger partial charge in [0, 0.05) is 13.0 Å². The second-order valence-corrected chi connectivity index (χ2v) is 8.36. The molecule has 8 heteroatoms. The van der Waals surface area contributed by atoms with Crippen LogP contribution in [0.15, 0.2) is 48.5 Å². The van der Waals surface area contributed by atoms with E-state index < -0.39 is 10.0 Å². The zero-order valence-corrected chi connectivity index (χ0v) is 17.0. The lowest BCUT2D eigenvalue weighted by Crippen LogP contribution is -2.32. The summed E-state index contributed by atoms with van der Waals surface area (Å²) in [5.41, 5.74) is 1.23. The van der Waals surface area contributed by atoms with Gasteiger partial charge in [0.2, 0.25) is 15.9 Å². The number of nitrogens with one attached hydrogen (secondary N) is 1. The van der Waals surface area contributed by atoms with Gasteiger partial charge in [0.15, 0.2) is 0 Å². The Bertz CT molecular complexity index is 901.